The second-order valence-electron chi connectivity index (χ2n) is 5.28. The number of hydrogen-bond donors (Lipinski definition) is 0. The van der Waals surface area contributed by atoms with Gasteiger partial charge >= 0.3 is 0 Å². The molecule has 0 radical (unpaired) electrons. The third kappa shape index (κ3) is 5.78. The predicted molar refractivity (Wildman–Crippen MR) is 80.1 cm³/mol. The molecular weight excluding hydrogens is 266 g/mol. The molecule has 0 saturated heterocycles. The van der Waals surface area contributed by atoms with E-state index in [1.807, 2.05) is 31.3 Å². The largest absolute Gasteiger partial charge is 0.341 e. The summed E-state index contributed by atoms with van der Waals surface area (Å²) in [7, 11) is 1.83. The molecule has 0 heterocycles. The number of carbonyl (C=O) groups excluding carboxylic acids is 1. The number of amides is 1. The van der Waals surface area contributed by atoms with Gasteiger partial charge in [0.25, 0.3) is 0 Å². The van der Waals surface area contributed by atoms with E-state index in [4.69, 9.17) is 11.6 Å². The molecule has 0 N–H and O–H groups in total. The Labute approximate surface area is 119 Å². The van der Waals surface area contributed by atoms with Crippen molar-refractivity contribution in [2.75, 3.05) is 12.8 Å². The lowest BCUT2D eigenvalue weighted by molar-refractivity contribution is -0.127. The normalized spacial score (nSPS) is 11.4. The first-order chi connectivity index (χ1) is 8.28. The molecule has 0 spiro atoms. The summed E-state index contributed by atoms with van der Waals surface area (Å²) in [6.07, 6.45) is 0. The molecule has 0 bridgehead atoms. The maximum Gasteiger partial charge on any atom is 0.232 e. The number of nitrogens with zero attached hydrogens (tertiary/aromatic N) is 1. The van der Waals surface area contributed by atoms with Crippen molar-refractivity contribution in [3.05, 3.63) is 34.9 Å². The van der Waals surface area contributed by atoms with Crippen LogP contribution in [0.25, 0.3) is 0 Å². The zero-order chi connectivity index (χ0) is 13.8. The summed E-state index contributed by atoms with van der Waals surface area (Å²) in [5.74, 6) is 0.663. The lowest BCUT2D eigenvalue weighted by atomic mass is 10.2. The van der Waals surface area contributed by atoms with Crippen molar-refractivity contribution in [2.24, 2.45) is 0 Å². The van der Waals surface area contributed by atoms with Crippen LogP contribution in [0.1, 0.15) is 26.3 Å². The number of carbonyl (C=O) groups is 1. The molecule has 2 nitrogen and oxygen atoms in total. The van der Waals surface area contributed by atoms with Crippen LogP contribution in [0.15, 0.2) is 24.3 Å². The zero-order valence-corrected chi connectivity index (χ0v) is 12.9. The first-order valence-corrected chi connectivity index (χ1v) is 7.26. The molecule has 1 aromatic rings. The minimum absolute atomic E-state index is 0.118. The lowest BCUT2D eigenvalue weighted by Gasteiger charge is -2.21. The standard InChI is InChI=1S/C14H20ClNOS/c1-14(2,3)18-10-13(17)16(4)9-11-6-5-7-12(15)8-11/h5-8H,9-10H2,1-4H3. The summed E-state index contributed by atoms with van der Waals surface area (Å²) in [4.78, 5) is 13.7. The van der Waals surface area contributed by atoms with Gasteiger partial charge in [0.1, 0.15) is 0 Å². The van der Waals surface area contributed by atoms with Crippen LogP contribution < -0.4 is 0 Å². The third-order valence-electron chi connectivity index (χ3n) is 2.36. The Kier molecular flexibility index (Phi) is 5.54. The summed E-state index contributed by atoms with van der Waals surface area (Å²) < 4.78 is 0.118. The molecular formula is C14H20ClNOS. The molecule has 1 amide bonds. The SMILES string of the molecule is CN(Cc1cccc(Cl)c1)C(=O)CSC(C)(C)C. The first kappa shape index (κ1) is 15.4. The second-order valence-corrected chi connectivity index (χ2v) is 7.52. The van der Waals surface area contributed by atoms with Gasteiger partial charge in [0.2, 0.25) is 5.91 Å². The fourth-order valence-corrected chi connectivity index (χ4v) is 2.38. The minimum atomic E-state index is 0.118. The lowest BCUT2D eigenvalue weighted by Crippen LogP contribution is -2.29. The van der Waals surface area contributed by atoms with Crippen molar-refractivity contribution >= 4 is 29.3 Å². The van der Waals surface area contributed by atoms with Crippen molar-refractivity contribution in [3.63, 3.8) is 0 Å². The van der Waals surface area contributed by atoms with E-state index in [1.165, 1.54) is 0 Å². The molecule has 0 aliphatic carbocycles. The summed E-state index contributed by atoms with van der Waals surface area (Å²) >= 11 is 7.59. The molecule has 0 aliphatic heterocycles. The molecule has 0 unspecified atom stereocenters. The quantitative estimate of drug-likeness (QED) is 0.838. The van der Waals surface area contributed by atoms with Crippen LogP contribution in [0, 0.1) is 0 Å². The monoisotopic (exact) mass is 285 g/mol. The molecule has 0 fully saturated rings. The van der Waals surface area contributed by atoms with E-state index in [0.717, 1.165) is 5.56 Å². The summed E-state index contributed by atoms with van der Waals surface area (Å²) in [5.41, 5.74) is 1.05. The Morgan fingerprint density at radius 2 is 2.06 bits per heavy atom. The average molecular weight is 286 g/mol. The highest BCUT2D eigenvalue weighted by Crippen LogP contribution is 2.23. The van der Waals surface area contributed by atoms with Gasteiger partial charge in [-0.05, 0) is 17.7 Å². The van der Waals surface area contributed by atoms with Gasteiger partial charge in [-0.25, -0.2) is 0 Å². The average Bonchev–Trinajstić information content (AvgIpc) is 2.24. The number of rotatable bonds is 4. The van der Waals surface area contributed by atoms with E-state index in [-0.39, 0.29) is 10.7 Å². The Balaban J connectivity index is 2.50. The van der Waals surface area contributed by atoms with Gasteiger partial charge in [-0.1, -0.05) is 44.5 Å². The van der Waals surface area contributed by atoms with E-state index in [0.29, 0.717) is 17.3 Å². The fourth-order valence-electron chi connectivity index (χ4n) is 1.39. The number of halogens is 1. The number of benzene rings is 1. The first-order valence-electron chi connectivity index (χ1n) is 5.90. The Hall–Kier alpha value is -0.670. The van der Waals surface area contributed by atoms with Crippen LogP contribution in [0.2, 0.25) is 5.02 Å². The van der Waals surface area contributed by atoms with E-state index >= 15 is 0 Å². The maximum absolute atomic E-state index is 12.0. The van der Waals surface area contributed by atoms with Crippen molar-refractivity contribution in [2.45, 2.75) is 32.1 Å². The fraction of sp³-hybridized carbons (Fsp3) is 0.500. The molecule has 0 aromatic heterocycles. The van der Waals surface area contributed by atoms with Gasteiger partial charge in [-0.3, -0.25) is 4.79 Å². The van der Waals surface area contributed by atoms with Crippen LogP contribution in [-0.2, 0) is 11.3 Å². The molecule has 0 atom stereocenters. The Morgan fingerprint density at radius 3 is 2.61 bits per heavy atom. The topological polar surface area (TPSA) is 20.3 Å². The molecule has 100 valence electrons. The molecule has 0 aliphatic rings. The van der Waals surface area contributed by atoms with Crippen LogP contribution in [-0.4, -0.2) is 28.4 Å². The zero-order valence-electron chi connectivity index (χ0n) is 11.4. The highest BCUT2D eigenvalue weighted by molar-refractivity contribution is 8.01. The van der Waals surface area contributed by atoms with Crippen LogP contribution in [0.5, 0.6) is 0 Å². The summed E-state index contributed by atoms with van der Waals surface area (Å²) in [6.45, 7) is 6.94. The smallest absolute Gasteiger partial charge is 0.232 e. The van der Waals surface area contributed by atoms with Crippen LogP contribution in [0.3, 0.4) is 0 Å². The van der Waals surface area contributed by atoms with Gasteiger partial charge in [-0.2, -0.15) is 0 Å². The third-order valence-corrected chi connectivity index (χ3v) is 3.86. The number of hydrogen-bond acceptors (Lipinski definition) is 2. The van der Waals surface area contributed by atoms with Crippen molar-refractivity contribution in [1.82, 2.24) is 4.90 Å². The Morgan fingerprint density at radius 1 is 1.39 bits per heavy atom. The van der Waals surface area contributed by atoms with E-state index in [9.17, 15) is 4.79 Å². The number of thioether (sulfide) groups is 1. The van der Waals surface area contributed by atoms with Crippen molar-refractivity contribution < 1.29 is 4.79 Å². The van der Waals surface area contributed by atoms with E-state index in [1.54, 1.807) is 16.7 Å². The highest BCUT2D eigenvalue weighted by Gasteiger charge is 2.16. The maximum atomic E-state index is 12.0. The molecule has 4 heteroatoms. The summed E-state index contributed by atoms with van der Waals surface area (Å²) in [6, 6.07) is 7.61. The van der Waals surface area contributed by atoms with Gasteiger partial charge in [0.05, 0.1) is 5.75 Å². The molecule has 18 heavy (non-hydrogen) atoms. The molecule has 1 aromatic carbocycles. The van der Waals surface area contributed by atoms with Gasteiger partial charge in [0.15, 0.2) is 0 Å². The van der Waals surface area contributed by atoms with Gasteiger partial charge < -0.3 is 4.90 Å². The van der Waals surface area contributed by atoms with E-state index < -0.39 is 0 Å². The van der Waals surface area contributed by atoms with Crippen LogP contribution >= 0.6 is 23.4 Å². The molecule has 1 rings (SSSR count). The predicted octanol–water partition coefficient (Wildman–Crippen LogP) is 3.83. The van der Waals surface area contributed by atoms with Crippen molar-refractivity contribution in [3.8, 4) is 0 Å². The minimum Gasteiger partial charge on any atom is -0.341 e. The van der Waals surface area contributed by atoms with Gasteiger partial charge in [-0.15, -0.1) is 11.8 Å². The Bertz CT molecular complexity index is 415. The molecule has 0 saturated carbocycles. The highest BCUT2D eigenvalue weighted by atomic mass is 35.5. The van der Waals surface area contributed by atoms with E-state index in [2.05, 4.69) is 20.8 Å². The van der Waals surface area contributed by atoms with Crippen molar-refractivity contribution in [1.29, 1.82) is 0 Å². The summed E-state index contributed by atoms with van der Waals surface area (Å²) in [5, 5.41) is 0.706. The van der Waals surface area contributed by atoms with Gasteiger partial charge in [0, 0.05) is 23.4 Å². The second kappa shape index (κ2) is 6.48. The van der Waals surface area contributed by atoms with Crippen LogP contribution in [0.4, 0.5) is 0 Å².